The van der Waals surface area contributed by atoms with Gasteiger partial charge in [-0.05, 0) is 49.2 Å². The van der Waals surface area contributed by atoms with E-state index in [9.17, 15) is 0 Å². The Bertz CT molecular complexity index is 490. The van der Waals surface area contributed by atoms with Crippen molar-refractivity contribution in [2.45, 2.75) is 13.8 Å². The van der Waals surface area contributed by atoms with Crippen molar-refractivity contribution in [2.75, 3.05) is 11.1 Å². The van der Waals surface area contributed by atoms with Crippen molar-refractivity contribution in [3.8, 4) is 0 Å². The zero-order valence-electron chi connectivity index (χ0n) is 9.62. The second kappa shape index (κ2) is 4.27. The van der Waals surface area contributed by atoms with Gasteiger partial charge in [-0.15, -0.1) is 0 Å². The molecular weight excluding hydrogens is 196 g/mol. The summed E-state index contributed by atoms with van der Waals surface area (Å²) in [5.74, 6) is 0. The molecule has 0 fully saturated rings. The van der Waals surface area contributed by atoms with Gasteiger partial charge in [-0.2, -0.15) is 0 Å². The summed E-state index contributed by atoms with van der Waals surface area (Å²) in [5.41, 5.74) is 11.2. The molecule has 0 aromatic heterocycles. The molecule has 0 atom stereocenters. The van der Waals surface area contributed by atoms with Crippen molar-refractivity contribution in [3.05, 3.63) is 53.6 Å². The van der Waals surface area contributed by atoms with Gasteiger partial charge in [0.15, 0.2) is 0 Å². The zero-order chi connectivity index (χ0) is 11.5. The fourth-order valence-corrected chi connectivity index (χ4v) is 1.65. The summed E-state index contributed by atoms with van der Waals surface area (Å²) in [7, 11) is 0. The molecule has 82 valence electrons. The second-order valence-corrected chi connectivity index (χ2v) is 4.01. The molecule has 0 saturated heterocycles. The van der Waals surface area contributed by atoms with Crippen molar-refractivity contribution in [3.63, 3.8) is 0 Å². The highest BCUT2D eigenvalue weighted by molar-refractivity contribution is 5.67. The Labute approximate surface area is 96.1 Å². The number of nitrogen functional groups attached to an aromatic ring is 1. The molecule has 0 bridgehead atoms. The number of nitrogens with two attached hydrogens (primary N) is 1. The predicted molar refractivity (Wildman–Crippen MR) is 70.1 cm³/mol. The average molecular weight is 212 g/mol. The van der Waals surface area contributed by atoms with Crippen LogP contribution in [0.4, 0.5) is 17.1 Å². The number of aryl methyl sites for hydroxylation is 2. The number of rotatable bonds is 2. The Morgan fingerprint density at radius 3 is 2.31 bits per heavy atom. The van der Waals surface area contributed by atoms with Crippen molar-refractivity contribution < 1.29 is 0 Å². The molecule has 2 aromatic carbocycles. The van der Waals surface area contributed by atoms with Crippen molar-refractivity contribution in [1.82, 2.24) is 0 Å². The Balaban J connectivity index is 2.32. The monoisotopic (exact) mass is 212 g/mol. The lowest BCUT2D eigenvalue weighted by atomic mass is 10.1. The first-order chi connectivity index (χ1) is 7.66. The molecule has 0 aliphatic carbocycles. The van der Waals surface area contributed by atoms with Crippen molar-refractivity contribution in [1.29, 1.82) is 0 Å². The Morgan fingerprint density at radius 2 is 1.62 bits per heavy atom. The van der Waals surface area contributed by atoms with Gasteiger partial charge >= 0.3 is 0 Å². The standard InChI is InChI=1S/C14H16N2/c1-10-9-14(11(2)8-13(10)15)16-12-6-4-3-5-7-12/h3-9,16H,15H2,1-2H3. The molecule has 0 aliphatic rings. The molecular formula is C14H16N2. The number of hydrogen-bond acceptors (Lipinski definition) is 2. The van der Waals surface area contributed by atoms with Crippen LogP contribution in [0.5, 0.6) is 0 Å². The first-order valence-corrected chi connectivity index (χ1v) is 5.35. The van der Waals surface area contributed by atoms with Crippen LogP contribution in [0.25, 0.3) is 0 Å². The molecule has 0 aliphatic heterocycles. The Morgan fingerprint density at radius 1 is 0.938 bits per heavy atom. The largest absolute Gasteiger partial charge is 0.399 e. The summed E-state index contributed by atoms with van der Waals surface area (Å²) >= 11 is 0. The maximum Gasteiger partial charge on any atom is 0.0418 e. The molecule has 16 heavy (non-hydrogen) atoms. The molecule has 3 N–H and O–H groups in total. The quantitative estimate of drug-likeness (QED) is 0.746. The third kappa shape index (κ3) is 2.16. The number of para-hydroxylation sites is 1. The molecule has 0 heterocycles. The van der Waals surface area contributed by atoms with Gasteiger partial charge in [-0.25, -0.2) is 0 Å². The van der Waals surface area contributed by atoms with Crippen LogP contribution in [0, 0.1) is 13.8 Å². The molecule has 0 amide bonds. The fraction of sp³-hybridized carbons (Fsp3) is 0.143. The minimum Gasteiger partial charge on any atom is -0.399 e. The first-order valence-electron chi connectivity index (χ1n) is 5.35. The topological polar surface area (TPSA) is 38.0 Å². The summed E-state index contributed by atoms with van der Waals surface area (Å²) in [6.45, 7) is 4.08. The lowest BCUT2D eigenvalue weighted by molar-refractivity contribution is 1.38. The third-order valence-corrected chi connectivity index (χ3v) is 2.67. The van der Waals surface area contributed by atoms with Gasteiger partial charge in [0.05, 0.1) is 0 Å². The van der Waals surface area contributed by atoms with E-state index in [1.165, 1.54) is 0 Å². The summed E-state index contributed by atoms with van der Waals surface area (Å²) in [5, 5.41) is 3.38. The second-order valence-electron chi connectivity index (χ2n) is 4.01. The lowest BCUT2D eigenvalue weighted by Crippen LogP contribution is -1.97. The van der Waals surface area contributed by atoms with Crippen molar-refractivity contribution >= 4 is 17.1 Å². The van der Waals surface area contributed by atoms with E-state index in [1.54, 1.807) is 0 Å². The maximum atomic E-state index is 5.86. The first kappa shape index (κ1) is 10.6. The highest BCUT2D eigenvalue weighted by atomic mass is 14.9. The van der Waals surface area contributed by atoms with E-state index in [-0.39, 0.29) is 0 Å². The smallest absolute Gasteiger partial charge is 0.0418 e. The van der Waals surface area contributed by atoms with Crippen LogP contribution < -0.4 is 11.1 Å². The van der Waals surface area contributed by atoms with E-state index < -0.39 is 0 Å². The summed E-state index contributed by atoms with van der Waals surface area (Å²) in [4.78, 5) is 0. The SMILES string of the molecule is Cc1cc(Nc2ccccc2)c(C)cc1N. The van der Waals surface area contributed by atoms with Gasteiger partial charge in [0.1, 0.15) is 0 Å². The fourth-order valence-electron chi connectivity index (χ4n) is 1.65. The van der Waals surface area contributed by atoms with E-state index in [0.29, 0.717) is 0 Å². The summed E-state index contributed by atoms with van der Waals surface area (Å²) in [6, 6.07) is 14.2. The summed E-state index contributed by atoms with van der Waals surface area (Å²) < 4.78 is 0. The minimum atomic E-state index is 0.844. The van der Waals surface area contributed by atoms with E-state index in [1.807, 2.05) is 43.3 Å². The van der Waals surface area contributed by atoms with Crippen molar-refractivity contribution in [2.24, 2.45) is 0 Å². The molecule has 0 radical (unpaired) electrons. The normalized spacial score (nSPS) is 10.1. The van der Waals surface area contributed by atoms with Gasteiger partial charge in [-0.3, -0.25) is 0 Å². The Kier molecular flexibility index (Phi) is 2.82. The number of anilines is 3. The van der Waals surface area contributed by atoms with Crippen LogP contribution in [-0.2, 0) is 0 Å². The van der Waals surface area contributed by atoms with Crippen LogP contribution >= 0.6 is 0 Å². The highest BCUT2D eigenvalue weighted by Gasteiger charge is 2.02. The minimum absolute atomic E-state index is 0.844. The molecule has 0 unspecified atom stereocenters. The van der Waals surface area contributed by atoms with Gasteiger partial charge in [0, 0.05) is 17.1 Å². The van der Waals surface area contributed by atoms with Gasteiger partial charge in [0.2, 0.25) is 0 Å². The molecule has 0 saturated carbocycles. The zero-order valence-corrected chi connectivity index (χ0v) is 9.62. The lowest BCUT2D eigenvalue weighted by Gasteiger charge is -2.12. The van der Waals surface area contributed by atoms with Crippen LogP contribution in [0.3, 0.4) is 0 Å². The molecule has 2 nitrogen and oxygen atoms in total. The molecule has 2 aromatic rings. The number of benzene rings is 2. The third-order valence-electron chi connectivity index (χ3n) is 2.67. The highest BCUT2D eigenvalue weighted by Crippen LogP contribution is 2.25. The van der Waals surface area contributed by atoms with Gasteiger partial charge < -0.3 is 11.1 Å². The van der Waals surface area contributed by atoms with Gasteiger partial charge in [-0.1, -0.05) is 18.2 Å². The van der Waals surface area contributed by atoms with E-state index in [2.05, 4.69) is 18.3 Å². The number of hydrogen-bond donors (Lipinski definition) is 2. The van der Waals surface area contributed by atoms with E-state index in [4.69, 9.17) is 5.73 Å². The molecule has 2 rings (SSSR count). The summed E-state index contributed by atoms with van der Waals surface area (Å²) in [6.07, 6.45) is 0. The number of nitrogens with one attached hydrogen (secondary N) is 1. The molecule has 0 spiro atoms. The maximum absolute atomic E-state index is 5.86. The molecule has 2 heteroatoms. The van der Waals surface area contributed by atoms with Crippen LogP contribution in [-0.4, -0.2) is 0 Å². The predicted octanol–water partition coefficient (Wildman–Crippen LogP) is 3.63. The van der Waals surface area contributed by atoms with Crippen LogP contribution in [0.2, 0.25) is 0 Å². The van der Waals surface area contributed by atoms with Crippen LogP contribution in [0.1, 0.15) is 11.1 Å². The Hall–Kier alpha value is -1.96. The van der Waals surface area contributed by atoms with Gasteiger partial charge in [0.25, 0.3) is 0 Å². The average Bonchev–Trinajstić information content (AvgIpc) is 2.27. The van der Waals surface area contributed by atoms with E-state index in [0.717, 1.165) is 28.2 Å². The van der Waals surface area contributed by atoms with Crippen LogP contribution in [0.15, 0.2) is 42.5 Å². The van der Waals surface area contributed by atoms with E-state index >= 15 is 0 Å².